The Balaban J connectivity index is 1.72. The maximum absolute atomic E-state index is 13.8. The Hall–Kier alpha value is -2.58. The standard InChI is InChI=1S/C26H23Cl3N2O4S/c1-15(32)30-14-16-10-17-8-9-19(31-26(33)25-22(28)6-3-7-23(25)29)13-21(17)24(11-16)36(34,35)20-5-2-4-18(27)12-20/h2-9,12-13,16,24H,10-11,14H2,1H3,(H,30,32)(H,31,33)/t16-,24?/m1/s1. The first kappa shape index (κ1) is 26.5. The summed E-state index contributed by atoms with van der Waals surface area (Å²) in [6, 6.07) is 16.1. The Labute approximate surface area is 224 Å². The molecule has 0 heterocycles. The van der Waals surface area contributed by atoms with E-state index in [0.29, 0.717) is 35.7 Å². The van der Waals surface area contributed by atoms with E-state index >= 15 is 0 Å². The summed E-state index contributed by atoms with van der Waals surface area (Å²) >= 11 is 18.4. The zero-order valence-corrected chi connectivity index (χ0v) is 22.3. The van der Waals surface area contributed by atoms with Crippen LogP contribution in [-0.4, -0.2) is 26.8 Å². The van der Waals surface area contributed by atoms with E-state index in [2.05, 4.69) is 10.6 Å². The van der Waals surface area contributed by atoms with Crippen LogP contribution in [0.2, 0.25) is 15.1 Å². The molecule has 0 spiro atoms. The molecule has 1 aliphatic rings. The number of amides is 2. The van der Waals surface area contributed by atoms with E-state index in [1.54, 1.807) is 48.5 Å². The molecule has 6 nitrogen and oxygen atoms in total. The molecule has 0 fully saturated rings. The van der Waals surface area contributed by atoms with Gasteiger partial charge in [-0.05, 0) is 72.4 Å². The van der Waals surface area contributed by atoms with E-state index in [4.69, 9.17) is 34.8 Å². The molecule has 0 saturated heterocycles. The van der Waals surface area contributed by atoms with Crippen LogP contribution < -0.4 is 10.6 Å². The van der Waals surface area contributed by atoms with Gasteiger partial charge in [-0.15, -0.1) is 0 Å². The van der Waals surface area contributed by atoms with Crippen molar-refractivity contribution >= 4 is 62.1 Å². The van der Waals surface area contributed by atoms with Crippen molar-refractivity contribution < 1.29 is 18.0 Å². The molecule has 0 saturated carbocycles. The lowest BCUT2D eigenvalue weighted by Crippen LogP contribution is -2.33. The fourth-order valence-corrected chi connectivity index (χ4v) is 7.23. The SMILES string of the molecule is CC(=O)NC[C@@H]1Cc2ccc(NC(=O)c3c(Cl)cccc3Cl)cc2C(S(=O)(=O)c2cccc(Cl)c2)C1. The number of hydrogen-bond acceptors (Lipinski definition) is 4. The number of hydrogen-bond donors (Lipinski definition) is 2. The molecule has 36 heavy (non-hydrogen) atoms. The van der Waals surface area contributed by atoms with E-state index in [-0.39, 0.29) is 32.3 Å². The van der Waals surface area contributed by atoms with Crippen molar-refractivity contribution in [2.24, 2.45) is 5.92 Å². The summed E-state index contributed by atoms with van der Waals surface area (Å²) in [6.45, 7) is 1.79. The number of carbonyl (C=O) groups is 2. The van der Waals surface area contributed by atoms with Crippen LogP contribution >= 0.6 is 34.8 Å². The van der Waals surface area contributed by atoms with E-state index in [1.807, 2.05) is 0 Å². The minimum Gasteiger partial charge on any atom is -0.356 e. The third-order valence-corrected chi connectivity index (χ3v) is 9.11. The molecule has 0 radical (unpaired) electrons. The predicted octanol–water partition coefficient (Wildman–Crippen LogP) is 6.11. The monoisotopic (exact) mass is 564 g/mol. The highest BCUT2D eigenvalue weighted by Gasteiger charge is 2.37. The summed E-state index contributed by atoms with van der Waals surface area (Å²) in [5.74, 6) is -0.756. The second-order valence-electron chi connectivity index (χ2n) is 8.70. The van der Waals surface area contributed by atoms with E-state index in [9.17, 15) is 18.0 Å². The number of rotatable bonds is 6. The van der Waals surface area contributed by atoms with E-state index in [0.717, 1.165) is 5.56 Å². The van der Waals surface area contributed by atoms with Crippen LogP contribution in [0, 0.1) is 5.92 Å². The molecule has 3 aromatic carbocycles. The van der Waals surface area contributed by atoms with Crippen molar-refractivity contribution in [1.29, 1.82) is 0 Å². The summed E-state index contributed by atoms with van der Waals surface area (Å²) < 4.78 is 27.5. The van der Waals surface area contributed by atoms with Crippen molar-refractivity contribution in [3.63, 3.8) is 0 Å². The zero-order chi connectivity index (χ0) is 26.0. The summed E-state index contributed by atoms with van der Waals surface area (Å²) in [7, 11) is -3.83. The number of nitrogens with one attached hydrogen (secondary N) is 2. The van der Waals surface area contributed by atoms with E-state index < -0.39 is 21.0 Å². The smallest absolute Gasteiger partial charge is 0.258 e. The van der Waals surface area contributed by atoms with Gasteiger partial charge in [-0.25, -0.2) is 8.42 Å². The van der Waals surface area contributed by atoms with Crippen LogP contribution in [0.15, 0.2) is 65.6 Å². The molecule has 188 valence electrons. The molecule has 3 aromatic rings. The molecule has 1 aliphatic carbocycles. The summed E-state index contributed by atoms with van der Waals surface area (Å²) in [5, 5.41) is 5.42. The number of benzene rings is 3. The van der Waals surface area contributed by atoms with Gasteiger partial charge in [-0.3, -0.25) is 9.59 Å². The molecule has 0 bridgehead atoms. The zero-order valence-electron chi connectivity index (χ0n) is 19.2. The summed E-state index contributed by atoms with van der Waals surface area (Å²) in [6.07, 6.45) is 0.887. The van der Waals surface area contributed by atoms with Gasteiger partial charge in [0.05, 0.1) is 25.8 Å². The maximum atomic E-state index is 13.8. The van der Waals surface area contributed by atoms with Gasteiger partial charge in [-0.2, -0.15) is 0 Å². The van der Waals surface area contributed by atoms with Crippen molar-refractivity contribution in [1.82, 2.24) is 5.32 Å². The van der Waals surface area contributed by atoms with Gasteiger partial charge in [0.2, 0.25) is 5.91 Å². The number of halogens is 3. The fraction of sp³-hybridized carbons (Fsp3) is 0.231. The van der Waals surface area contributed by atoms with Crippen molar-refractivity contribution in [2.75, 3.05) is 11.9 Å². The fourth-order valence-electron chi connectivity index (χ4n) is 4.44. The quantitative estimate of drug-likeness (QED) is 0.377. The highest BCUT2D eigenvalue weighted by Crippen LogP contribution is 2.42. The number of fused-ring (bicyclic) bond motifs is 1. The van der Waals surface area contributed by atoms with Crippen molar-refractivity contribution in [3.8, 4) is 0 Å². The molecule has 2 atom stereocenters. The van der Waals surface area contributed by atoms with Crippen molar-refractivity contribution in [2.45, 2.75) is 29.9 Å². The molecule has 10 heteroatoms. The predicted molar refractivity (Wildman–Crippen MR) is 143 cm³/mol. The van der Waals surface area contributed by atoms with Crippen LogP contribution in [0.25, 0.3) is 0 Å². The summed E-state index contributed by atoms with van der Waals surface area (Å²) in [5.41, 5.74) is 1.98. The Bertz CT molecular complexity index is 1420. The van der Waals surface area contributed by atoms with Gasteiger partial charge in [0, 0.05) is 24.2 Å². The first-order valence-electron chi connectivity index (χ1n) is 11.2. The highest BCUT2D eigenvalue weighted by molar-refractivity contribution is 7.91. The number of carbonyl (C=O) groups excluding carboxylic acids is 2. The molecular weight excluding hydrogens is 543 g/mol. The first-order chi connectivity index (χ1) is 17.1. The average molecular weight is 566 g/mol. The second-order valence-corrected chi connectivity index (χ2v) is 12.1. The Kier molecular flexibility index (Phi) is 7.95. The normalized spacial score (nSPS) is 17.2. The van der Waals surface area contributed by atoms with Crippen LogP contribution in [0.4, 0.5) is 5.69 Å². The topological polar surface area (TPSA) is 92.3 Å². The van der Waals surface area contributed by atoms with Crippen LogP contribution in [0.1, 0.15) is 40.1 Å². The van der Waals surface area contributed by atoms with Crippen LogP contribution in [0.5, 0.6) is 0 Å². The van der Waals surface area contributed by atoms with Gasteiger partial charge >= 0.3 is 0 Å². The molecular formula is C26H23Cl3N2O4S. The third-order valence-electron chi connectivity index (χ3n) is 6.14. The average Bonchev–Trinajstić information content (AvgIpc) is 2.82. The molecule has 2 amide bonds. The van der Waals surface area contributed by atoms with Crippen LogP contribution in [-0.2, 0) is 21.1 Å². The minimum atomic E-state index is -3.83. The van der Waals surface area contributed by atoms with Crippen LogP contribution in [0.3, 0.4) is 0 Å². The molecule has 2 N–H and O–H groups in total. The van der Waals surface area contributed by atoms with Gasteiger partial charge in [0.25, 0.3) is 5.91 Å². The third kappa shape index (κ3) is 5.70. The second kappa shape index (κ2) is 10.8. The molecule has 1 unspecified atom stereocenters. The molecule has 4 rings (SSSR count). The lowest BCUT2D eigenvalue weighted by molar-refractivity contribution is -0.119. The Morgan fingerprint density at radius 3 is 2.33 bits per heavy atom. The lowest BCUT2D eigenvalue weighted by atomic mass is 9.83. The van der Waals surface area contributed by atoms with Gasteiger partial charge in [-0.1, -0.05) is 53.0 Å². The van der Waals surface area contributed by atoms with Gasteiger partial charge in [0.1, 0.15) is 0 Å². The van der Waals surface area contributed by atoms with Gasteiger partial charge < -0.3 is 10.6 Å². The first-order valence-corrected chi connectivity index (χ1v) is 13.9. The largest absolute Gasteiger partial charge is 0.356 e. The number of sulfone groups is 1. The Morgan fingerprint density at radius 2 is 1.67 bits per heavy atom. The highest BCUT2D eigenvalue weighted by atomic mass is 35.5. The molecule has 0 aromatic heterocycles. The number of anilines is 1. The Morgan fingerprint density at radius 1 is 0.972 bits per heavy atom. The minimum absolute atomic E-state index is 0.0808. The van der Waals surface area contributed by atoms with Gasteiger partial charge in [0.15, 0.2) is 9.84 Å². The van der Waals surface area contributed by atoms with Crippen molar-refractivity contribution in [3.05, 3.63) is 92.4 Å². The summed E-state index contributed by atoms with van der Waals surface area (Å²) in [4.78, 5) is 24.5. The lowest BCUT2D eigenvalue weighted by Gasteiger charge is -2.32. The van der Waals surface area contributed by atoms with E-state index in [1.165, 1.54) is 19.1 Å². The molecule has 0 aliphatic heterocycles. The maximum Gasteiger partial charge on any atom is 0.258 e.